The van der Waals surface area contributed by atoms with Crippen molar-refractivity contribution >= 4 is 46.7 Å². The highest BCUT2D eigenvalue weighted by Gasteiger charge is 2.21. The molecule has 3 rings (SSSR count). The van der Waals surface area contributed by atoms with Gasteiger partial charge in [-0.05, 0) is 54.1 Å². The van der Waals surface area contributed by atoms with Gasteiger partial charge in [0.1, 0.15) is 5.75 Å². The lowest BCUT2D eigenvalue weighted by atomic mass is 10.2. The summed E-state index contributed by atoms with van der Waals surface area (Å²) in [5, 5.41) is 26.4. The molecule has 0 unspecified atom stereocenters. The second-order valence-corrected chi connectivity index (χ2v) is 7.00. The zero-order valence-electron chi connectivity index (χ0n) is 15.9. The van der Waals surface area contributed by atoms with Crippen LogP contribution in [0.1, 0.15) is 15.9 Å². The van der Waals surface area contributed by atoms with Gasteiger partial charge >= 0.3 is 5.69 Å². The van der Waals surface area contributed by atoms with Gasteiger partial charge in [-0.2, -0.15) is 5.10 Å². The number of ether oxygens (including phenoxy) is 1. The van der Waals surface area contributed by atoms with Crippen LogP contribution in [0.2, 0.25) is 10.0 Å². The second kappa shape index (κ2) is 9.86. The highest BCUT2D eigenvalue weighted by atomic mass is 35.5. The van der Waals surface area contributed by atoms with Crippen molar-refractivity contribution in [3.63, 3.8) is 0 Å². The summed E-state index contributed by atoms with van der Waals surface area (Å²) in [5.41, 5.74) is 2.19. The number of amides is 1. The average Bonchev–Trinajstić information content (AvgIpc) is 2.74. The average molecular weight is 475 g/mol. The Morgan fingerprint density at radius 3 is 2.31 bits per heavy atom. The van der Waals surface area contributed by atoms with Gasteiger partial charge in [0.25, 0.3) is 11.6 Å². The number of nitro benzene ring substituents is 2. The zero-order valence-corrected chi connectivity index (χ0v) is 17.4. The highest BCUT2D eigenvalue weighted by molar-refractivity contribution is 6.36. The first-order chi connectivity index (χ1) is 15.2. The van der Waals surface area contributed by atoms with Gasteiger partial charge in [0, 0.05) is 11.1 Å². The van der Waals surface area contributed by atoms with E-state index in [1.165, 1.54) is 36.5 Å². The van der Waals surface area contributed by atoms with Crippen molar-refractivity contribution in [1.29, 1.82) is 0 Å². The molecule has 12 heteroatoms. The van der Waals surface area contributed by atoms with E-state index in [1.54, 1.807) is 12.1 Å². The summed E-state index contributed by atoms with van der Waals surface area (Å²) >= 11 is 11.8. The molecular weight excluding hydrogens is 463 g/mol. The number of hydrogen-bond donors (Lipinski definition) is 1. The predicted molar refractivity (Wildman–Crippen MR) is 118 cm³/mol. The van der Waals surface area contributed by atoms with Gasteiger partial charge in [0.2, 0.25) is 5.75 Å². The van der Waals surface area contributed by atoms with Crippen LogP contribution in [-0.4, -0.2) is 22.0 Å². The van der Waals surface area contributed by atoms with E-state index in [1.807, 2.05) is 0 Å². The van der Waals surface area contributed by atoms with E-state index < -0.39 is 27.1 Å². The smallest absolute Gasteiger partial charge is 0.318 e. The Balaban J connectivity index is 1.67. The molecule has 0 aliphatic heterocycles. The number of carbonyl (C=O) groups is 1. The minimum atomic E-state index is -0.765. The molecule has 0 atom stereocenters. The Labute approximate surface area is 190 Å². The number of nitro groups is 2. The van der Waals surface area contributed by atoms with Gasteiger partial charge in [-0.15, -0.1) is 0 Å². The number of halogens is 2. The van der Waals surface area contributed by atoms with E-state index in [0.29, 0.717) is 10.6 Å². The van der Waals surface area contributed by atoms with Crippen molar-refractivity contribution in [2.24, 2.45) is 5.10 Å². The minimum absolute atomic E-state index is 0.144. The number of carbonyl (C=O) groups excluding carboxylic acids is 1. The van der Waals surface area contributed by atoms with Crippen molar-refractivity contribution in [2.45, 2.75) is 0 Å². The zero-order chi connectivity index (χ0) is 23.3. The summed E-state index contributed by atoms with van der Waals surface area (Å²) in [6.45, 7) is 0. The molecule has 0 aliphatic rings. The fourth-order valence-corrected chi connectivity index (χ4v) is 2.99. The van der Waals surface area contributed by atoms with Crippen LogP contribution in [0, 0.1) is 20.2 Å². The summed E-state index contributed by atoms with van der Waals surface area (Å²) in [5.74, 6) is -0.404. The van der Waals surface area contributed by atoms with Crippen LogP contribution in [0.25, 0.3) is 0 Å². The number of benzene rings is 3. The molecule has 0 fully saturated rings. The quantitative estimate of drug-likeness (QED) is 0.277. The molecule has 0 saturated carbocycles. The maximum absolute atomic E-state index is 12.1. The molecule has 1 N–H and O–H groups in total. The van der Waals surface area contributed by atoms with Gasteiger partial charge in [-0.25, -0.2) is 5.43 Å². The van der Waals surface area contributed by atoms with Gasteiger partial charge in [0.05, 0.1) is 32.7 Å². The van der Waals surface area contributed by atoms with Gasteiger partial charge in [-0.3, -0.25) is 25.0 Å². The Hall–Kier alpha value is -4.02. The fourth-order valence-electron chi connectivity index (χ4n) is 2.50. The molecule has 10 nitrogen and oxygen atoms in total. The van der Waals surface area contributed by atoms with Gasteiger partial charge in [-0.1, -0.05) is 23.2 Å². The molecule has 0 aliphatic carbocycles. The molecule has 0 radical (unpaired) electrons. The second-order valence-electron chi connectivity index (χ2n) is 6.16. The minimum Gasteiger partial charge on any atom is -0.450 e. The van der Waals surface area contributed by atoms with Gasteiger partial charge in [0.15, 0.2) is 0 Å². The van der Waals surface area contributed by atoms with Crippen molar-refractivity contribution in [2.75, 3.05) is 0 Å². The third-order valence-electron chi connectivity index (χ3n) is 4.01. The Morgan fingerprint density at radius 2 is 1.69 bits per heavy atom. The van der Waals surface area contributed by atoms with E-state index in [4.69, 9.17) is 27.9 Å². The normalized spacial score (nSPS) is 10.7. The molecule has 0 heterocycles. The molecule has 0 saturated heterocycles. The summed E-state index contributed by atoms with van der Waals surface area (Å²) in [6, 6.07) is 13.8. The highest BCUT2D eigenvalue weighted by Crippen LogP contribution is 2.34. The molecule has 1 amide bonds. The summed E-state index contributed by atoms with van der Waals surface area (Å²) < 4.78 is 5.48. The van der Waals surface area contributed by atoms with Crippen molar-refractivity contribution in [1.82, 2.24) is 5.43 Å². The molecular formula is C20H12Cl2N4O6. The van der Waals surface area contributed by atoms with E-state index in [9.17, 15) is 25.0 Å². The molecule has 0 spiro atoms. The van der Waals surface area contributed by atoms with E-state index >= 15 is 0 Å². The van der Waals surface area contributed by atoms with E-state index in [0.717, 1.165) is 18.2 Å². The van der Waals surface area contributed by atoms with Crippen LogP contribution in [0.3, 0.4) is 0 Å². The van der Waals surface area contributed by atoms with E-state index in [2.05, 4.69) is 10.5 Å². The number of hydrazone groups is 1. The molecule has 32 heavy (non-hydrogen) atoms. The van der Waals surface area contributed by atoms with Crippen LogP contribution in [-0.2, 0) is 0 Å². The molecule has 3 aromatic rings. The summed E-state index contributed by atoms with van der Waals surface area (Å²) in [6.07, 6.45) is 1.37. The van der Waals surface area contributed by atoms with Crippen molar-refractivity contribution in [3.05, 3.63) is 102 Å². The molecule has 3 aromatic carbocycles. The summed E-state index contributed by atoms with van der Waals surface area (Å²) in [7, 11) is 0. The molecule has 0 bridgehead atoms. The van der Waals surface area contributed by atoms with Crippen LogP contribution >= 0.6 is 23.2 Å². The lowest BCUT2D eigenvalue weighted by molar-refractivity contribution is -0.394. The fraction of sp³-hybridized carbons (Fsp3) is 0. The largest absolute Gasteiger partial charge is 0.450 e. The van der Waals surface area contributed by atoms with Crippen molar-refractivity contribution in [3.8, 4) is 11.5 Å². The maximum atomic E-state index is 12.1. The van der Waals surface area contributed by atoms with Gasteiger partial charge < -0.3 is 4.74 Å². The van der Waals surface area contributed by atoms with Crippen LogP contribution < -0.4 is 10.2 Å². The third-order valence-corrected chi connectivity index (χ3v) is 4.56. The Bertz CT molecular complexity index is 1230. The lowest BCUT2D eigenvalue weighted by Crippen LogP contribution is -2.18. The maximum Gasteiger partial charge on any atom is 0.318 e. The van der Waals surface area contributed by atoms with Crippen molar-refractivity contribution < 1.29 is 19.4 Å². The topological polar surface area (TPSA) is 137 Å². The number of non-ortho nitro benzene ring substituents is 1. The first-order valence-electron chi connectivity index (χ1n) is 8.74. The number of rotatable bonds is 7. The number of nitrogens with one attached hydrogen (secondary N) is 1. The van der Waals surface area contributed by atoms with E-state index in [-0.39, 0.29) is 22.1 Å². The summed E-state index contributed by atoms with van der Waals surface area (Å²) in [4.78, 5) is 32.6. The predicted octanol–water partition coefficient (Wildman–Crippen LogP) is 5.37. The van der Waals surface area contributed by atoms with Crippen LogP contribution in [0.5, 0.6) is 11.5 Å². The third kappa shape index (κ3) is 5.56. The standard InChI is InChI=1S/C20H12Cl2N4O6/c21-13-3-7-16(17(22)9-13)20(27)24-23-11-12-1-5-15(6-2-12)32-19-8-4-14(25(28)29)10-18(19)26(30)31/h1-11H,(H,24,27)/b23-11+. The SMILES string of the molecule is O=C(N/N=C/c1ccc(Oc2ccc([N+](=O)[O-])cc2[N+](=O)[O-])cc1)c1ccc(Cl)cc1Cl. The first-order valence-corrected chi connectivity index (χ1v) is 9.49. The number of nitrogens with zero attached hydrogens (tertiary/aromatic N) is 3. The number of hydrogen-bond acceptors (Lipinski definition) is 7. The Morgan fingerprint density at radius 1 is 0.969 bits per heavy atom. The molecule has 0 aromatic heterocycles. The van der Waals surface area contributed by atoms with Crippen LogP contribution in [0.15, 0.2) is 65.8 Å². The molecule has 162 valence electrons. The van der Waals surface area contributed by atoms with Crippen LogP contribution in [0.4, 0.5) is 11.4 Å². The first kappa shape index (κ1) is 22.7. The monoisotopic (exact) mass is 474 g/mol. The Kier molecular flexibility index (Phi) is 6.98. The lowest BCUT2D eigenvalue weighted by Gasteiger charge is -2.06.